The number of hydrogen-bond donors (Lipinski definition) is 3. The van der Waals surface area contributed by atoms with Gasteiger partial charge in [-0.2, -0.15) is 0 Å². The first kappa shape index (κ1) is 14.5. The molecule has 0 amide bonds. The van der Waals surface area contributed by atoms with Crippen molar-refractivity contribution in [2.45, 2.75) is 12.8 Å². The van der Waals surface area contributed by atoms with E-state index in [0.717, 1.165) is 22.5 Å². The van der Waals surface area contributed by atoms with Gasteiger partial charge in [-0.3, -0.25) is 4.98 Å². The van der Waals surface area contributed by atoms with E-state index in [0.29, 0.717) is 5.82 Å². The molecule has 0 spiro atoms. The van der Waals surface area contributed by atoms with E-state index >= 15 is 0 Å². The summed E-state index contributed by atoms with van der Waals surface area (Å²) in [4.78, 5) is 10.4. The predicted octanol–water partition coefficient (Wildman–Crippen LogP) is 2.02. The Kier molecular flexibility index (Phi) is 3.72. The van der Waals surface area contributed by atoms with Crippen molar-refractivity contribution >= 4 is 11.4 Å². The van der Waals surface area contributed by atoms with E-state index < -0.39 is 0 Å². The fourth-order valence-corrected chi connectivity index (χ4v) is 2.73. The molecular formula is C18H17N5O. The van der Waals surface area contributed by atoms with Crippen LogP contribution >= 0.6 is 0 Å². The SMILES string of the molecule is OCc1ccnc(NC2=CN3C=C(c4ccncc4)C=CC3N2)c1. The maximum Gasteiger partial charge on any atom is 0.131 e. The Labute approximate surface area is 139 Å². The average molecular weight is 319 g/mol. The summed E-state index contributed by atoms with van der Waals surface area (Å²) < 4.78 is 0. The number of anilines is 1. The third kappa shape index (κ3) is 2.87. The van der Waals surface area contributed by atoms with Crippen molar-refractivity contribution in [3.05, 3.63) is 84.4 Å². The van der Waals surface area contributed by atoms with Crippen LogP contribution in [0.1, 0.15) is 11.1 Å². The molecule has 1 atom stereocenters. The number of nitrogens with one attached hydrogen (secondary N) is 2. The number of aliphatic hydroxyl groups is 1. The largest absolute Gasteiger partial charge is 0.392 e. The van der Waals surface area contributed by atoms with Gasteiger partial charge in [-0.1, -0.05) is 6.08 Å². The summed E-state index contributed by atoms with van der Waals surface area (Å²) in [6.07, 6.45) is 13.7. The van der Waals surface area contributed by atoms with Crippen molar-refractivity contribution in [3.63, 3.8) is 0 Å². The second kappa shape index (κ2) is 6.17. The summed E-state index contributed by atoms with van der Waals surface area (Å²) in [5, 5.41) is 15.8. The molecule has 0 aliphatic carbocycles. The van der Waals surface area contributed by atoms with Crippen LogP contribution in [0, 0.1) is 0 Å². The number of aromatic nitrogens is 2. The lowest BCUT2D eigenvalue weighted by molar-refractivity contribution is 0.282. The van der Waals surface area contributed by atoms with E-state index in [1.54, 1.807) is 24.7 Å². The lowest BCUT2D eigenvalue weighted by Gasteiger charge is -2.23. The third-order valence-electron chi connectivity index (χ3n) is 3.93. The number of allylic oxidation sites excluding steroid dienone is 2. The molecule has 2 aromatic heterocycles. The quantitative estimate of drug-likeness (QED) is 0.801. The fraction of sp³-hybridized carbons (Fsp3) is 0.111. The molecule has 0 saturated heterocycles. The Morgan fingerprint density at radius 1 is 1.17 bits per heavy atom. The minimum atomic E-state index is -0.000799. The molecule has 2 aliphatic rings. The molecule has 4 rings (SSSR count). The molecule has 0 saturated carbocycles. The zero-order valence-corrected chi connectivity index (χ0v) is 12.9. The van der Waals surface area contributed by atoms with Crippen LogP contribution in [-0.4, -0.2) is 26.1 Å². The lowest BCUT2D eigenvalue weighted by Crippen LogP contribution is -2.33. The van der Waals surface area contributed by atoms with Crippen molar-refractivity contribution in [2.75, 3.05) is 5.32 Å². The van der Waals surface area contributed by atoms with Crippen LogP contribution < -0.4 is 10.6 Å². The number of fused-ring (bicyclic) bond motifs is 1. The molecule has 6 nitrogen and oxygen atoms in total. The van der Waals surface area contributed by atoms with Gasteiger partial charge in [0.05, 0.1) is 6.61 Å². The zero-order valence-electron chi connectivity index (χ0n) is 12.9. The summed E-state index contributed by atoms with van der Waals surface area (Å²) in [6, 6.07) is 7.60. The van der Waals surface area contributed by atoms with Crippen LogP contribution in [-0.2, 0) is 6.61 Å². The van der Waals surface area contributed by atoms with E-state index in [9.17, 15) is 5.11 Å². The fourth-order valence-electron chi connectivity index (χ4n) is 2.73. The van der Waals surface area contributed by atoms with E-state index in [2.05, 4.69) is 43.9 Å². The van der Waals surface area contributed by atoms with E-state index in [4.69, 9.17) is 0 Å². The van der Waals surface area contributed by atoms with Crippen molar-refractivity contribution in [2.24, 2.45) is 0 Å². The average Bonchev–Trinajstić information content (AvgIpc) is 3.04. The zero-order chi connectivity index (χ0) is 16.4. The molecule has 6 heteroatoms. The van der Waals surface area contributed by atoms with E-state index in [1.165, 1.54) is 0 Å². The van der Waals surface area contributed by atoms with Crippen molar-refractivity contribution in [1.82, 2.24) is 20.2 Å². The smallest absolute Gasteiger partial charge is 0.131 e. The van der Waals surface area contributed by atoms with Crippen LogP contribution in [0.5, 0.6) is 0 Å². The van der Waals surface area contributed by atoms with Gasteiger partial charge in [-0.15, -0.1) is 0 Å². The standard InChI is InChI=1S/C18H17N5O/c24-12-13-3-8-20-16(9-13)21-17-11-23-10-15(1-2-18(23)22-17)14-4-6-19-7-5-14/h1-11,18,22,24H,12H2,(H,20,21). The minimum absolute atomic E-state index is 0.000799. The van der Waals surface area contributed by atoms with Crippen molar-refractivity contribution in [1.29, 1.82) is 0 Å². The lowest BCUT2D eigenvalue weighted by atomic mass is 10.1. The van der Waals surface area contributed by atoms with Gasteiger partial charge in [0.2, 0.25) is 0 Å². The number of rotatable bonds is 4. The van der Waals surface area contributed by atoms with Gasteiger partial charge in [-0.25, -0.2) is 4.98 Å². The highest BCUT2D eigenvalue weighted by molar-refractivity contribution is 5.74. The number of hydrogen-bond acceptors (Lipinski definition) is 6. The van der Waals surface area contributed by atoms with Crippen LogP contribution in [0.15, 0.2) is 73.2 Å². The molecule has 2 aromatic rings. The summed E-state index contributed by atoms with van der Waals surface area (Å²) in [6.45, 7) is -0.000799. The van der Waals surface area contributed by atoms with Crippen molar-refractivity contribution in [3.8, 4) is 0 Å². The molecule has 120 valence electrons. The van der Waals surface area contributed by atoms with Crippen LogP contribution in [0.2, 0.25) is 0 Å². The Hall–Kier alpha value is -3.12. The second-order valence-corrected chi connectivity index (χ2v) is 5.59. The third-order valence-corrected chi connectivity index (χ3v) is 3.93. The first-order valence-corrected chi connectivity index (χ1v) is 7.71. The van der Waals surface area contributed by atoms with Gasteiger partial charge in [0.1, 0.15) is 17.8 Å². The molecule has 0 radical (unpaired) electrons. The number of aliphatic hydroxyl groups excluding tert-OH is 1. The summed E-state index contributed by atoms with van der Waals surface area (Å²) in [7, 11) is 0. The molecule has 1 unspecified atom stereocenters. The van der Waals surface area contributed by atoms with Crippen molar-refractivity contribution < 1.29 is 5.11 Å². The molecule has 3 N–H and O–H groups in total. The Bertz CT molecular complexity index is 828. The van der Waals surface area contributed by atoms with E-state index in [-0.39, 0.29) is 12.8 Å². The van der Waals surface area contributed by atoms with Crippen LogP contribution in [0.25, 0.3) is 5.57 Å². The Balaban J connectivity index is 1.53. The Morgan fingerprint density at radius 2 is 2.04 bits per heavy atom. The summed E-state index contributed by atoms with van der Waals surface area (Å²) in [5.41, 5.74) is 3.09. The normalized spacial score (nSPS) is 18.5. The highest BCUT2D eigenvalue weighted by Gasteiger charge is 2.23. The van der Waals surface area contributed by atoms with Gasteiger partial charge in [0, 0.05) is 31.0 Å². The summed E-state index contributed by atoms with van der Waals surface area (Å²) >= 11 is 0. The van der Waals surface area contributed by atoms with Gasteiger partial charge < -0.3 is 20.6 Å². The van der Waals surface area contributed by atoms with Gasteiger partial charge in [0.15, 0.2) is 0 Å². The maximum absolute atomic E-state index is 9.21. The Morgan fingerprint density at radius 3 is 2.88 bits per heavy atom. The van der Waals surface area contributed by atoms with Gasteiger partial charge in [0.25, 0.3) is 0 Å². The highest BCUT2D eigenvalue weighted by Crippen LogP contribution is 2.25. The number of pyridine rings is 2. The molecule has 0 bridgehead atoms. The predicted molar refractivity (Wildman–Crippen MR) is 92.0 cm³/mol. The minimum Gasteiger partial charge on any atom is -0.392 e. The van der Waals surface area contributed by atoms with Crippen LogP contribution in [0.4, 0.5) is 5.82 Å². The number of nitrogens with zero attached hydrogens (tertiary/aromatic N) is 3. The maximum atomic E-state index is 9.21. The highest BCUT2D eigenvalue weighted by atomic mass is 16.3. The van der Waals surface area contributed by atoms with E-state index in [1.807, 2.05) is 24.4 Å². The first-order valence-electron chi connectivity index (χ1n) is 7.71. The molecule has 24 heavy (non-hydrogen) atoms. The first-order chi connectivity index (χ1) is 11.8. The molecule has 0 aromatic carbocycles. The topological polar surface area (TPSA) is 73.3 Å². The second-order valence-electron chi connectivity index (χ2n) is 5.59. The molecule has 2 aliphatic heterocycles. The monoisotopic (exact) mass is 319 g/mol. The molecular weight excluding hydrogens is 302 g/mol. The molecule has 4 heterocycles. The molecule has 0 fully saturated rings. The summed E-state index contributed by atoms with van der Waals surface area (Å²) in [5.74, 6) is 1.56. The van der Waals surface area contributed by atoms with Crippen LogP contribution in [0.3, 0.4) is 0 Å². The van der Waals surface area contributed by atoms with Gasteiger partial charge in [-0.05, 0) is 47.0 Å². The van der Waals surface area contributed by atoms with Gasteiger partial charge >= 0.3 is 0 Å².